The molecule has 0 bridgehead atoms. The number of carbonyl (C=O) groups is 2. The fourth-order valence-corrected chi connectivity index (χ4v) is 4.27. The Morgan fingerprint density at radius 3 is 2.13 bits per heavy atom. The lowest BCUT2D eigenvalue weighted by Gasteiger charge is -2.12. The van der Waals surface area contributed by atoms with Crippen LogP contribution in [0.3, 0.4) is 0 Å². The number of rotatable bonds is 1. The van der Waals surface area contributed by atoms with E-state index < -0.39 is 21.8 Å². The van der Waals surface area contributed by atoms with Gasteiger partial charge in [0.2, 0.25) is 0 Å². The Kier molecular flexibility index (Phi) is 6.53. The van der Waals surface area contributed by atoms with Gasteiger partial charge in [-0.05, 0) is 0 Å². The van der Waals surface area contributed by atoms with Crippen molar-refractivity contribution in [2.75, 3.05) is 25.6 Å². The van der Waals surface area contributed by atoms with Crippen LogP contribution in [0.2, 0.25) is 0 Å². The van der Waals surface area contributed by atoms with Crippen molar-refractivity contribution in [3.05, 3.63) is 0 Å². The van der Waals surface area contributed by atoms with Gasteiger partial charge in [0.25, 0.3) is 0 Å². The third kappa shape index (κ3) is 6.47. The molecule has 1 saturated heterocycles. The molecule has 1 fully saturated rings. The van der Waals surface area contributed by atoms with Gasteiger partial charge in [-0.2, -0.15) is 0 Å². The molecule has 15 heavy (non-hydrogen) atoms. The van der Waals surface area contributed by atoms with Crippen molar-refractivity contribution in [1.29, 1.82) is 0 Å². The monoisotopic (exact) mass is 255 g/mol. The molecule has 1 heterocycles. The molecule has 88 valence electrons. The predicted octanol–water partition coefficient (Wildman–Crippen LogP) is -3.27. The fraction of sp³-hybridized carbons (Fsp3) is 0.714. The number of quaternary nitrogens is 1. The second-order valence-electron chi connectivity index (χ2n) is 3.12. The van der Waals surface area contributed by atoms with E-state index in [1.54, 1.807) is 10.8 Å². The molecule has 2 unspecified atom stereocenters. The highest BCUT2D eigenvalue weighted by Gasteiger charge is 2.26. The van der Waals surface area contributed by atoms with Crippen LogP contribution < -0.4 is 10.0 Å². The number of carboxylic acid groups (broad SMARTS) is 2. The van der Waals surface area contributed by atoms with Crippen molar-refractivity contribution in [1.82, 2.24) is 0 Å². The van der Waals surface area contributed by atoms with E-state index in [9.17, 15) is 4.21 Å². The topological polar surface area (TPSA) is 98.9 Å². The average Bonchev–Trinajstić information content (AvgIpc) is 2.52. The predicted molar refractivity (Wildman–Crippen MR) is 54.7 cm³/mol. The highest BCUT2D eigenvalue weighted by molar-refractivity contribution is 8.69. The Morgan fingerprint density at radius 2 is 2.00 bits per heavy atom. The average molecular weight is 255 g/mol. The number of carbonyl (C=O) groups excluding carboxylic acids is 1. The van der Waals surface area contributed by atoms with Crippen LogP contribution in [0.15, 0.2) is 0 Å². The smallest absolute Gasteiger partial charge is 0.351 e. The summed E-state index contributed by atoms with van der Waals surface area (Å²) in [6, 6.07) is 0.621. The molecule has 2 N–H and O–H groups in total. The number of hydrogen-bond acceptors (Lipinski definition) is 5. The van der Waals surface area contributed by atoms with Gasteiger partial charge in [0.1, 0.15) is 6.04 Å². The molecule has 0 aromatic carbocycles. The standard InChI is InChI=1S/C5H11NOS2.C2H2O4/c1-6(2)5-3-8-9(7)4-5;3-1(4)2(5)6/h5H,3-4H2,1-2H3;(H,3,4)(H,5,6). The van der Waals surface area contributed by atoms with E-state index in [-0.39, 0.29) is 0 Å². The first kappa shape index (κ1) is 14.4. The zero-order valence-electron chi connectivity index (χ0n) is 8.39. The first-order valence-corrected chi connectivity index (χ1v) is 6.92. The van der Waals surface area contributed by atoms with Crippen molar-refractivity contribution in [3.8, 4) is 0 Å². The Balaban J connectivity index is 0.000000288. The van der Waals surface area contributed by atoms with Crippen LogP contribution in [-0.2, 0) is 19.4 Å². The van der Waals surface area contributed by atoms with E-state index in [4.69, 9.17) is 19.8 Å². The van der Waals surface area contributed by atoms with Crippen LogP contribution in [0.4, 0.5) is 0 Å². The number of nitrogens with one attached hydrogen (secondary N) is 1. The molecule has 6 nitrogen and oxygen atoms in total. The zero-order chi connectivity index (χ0) is 12.0. The third-order valence-electron chi connectivity index (χ3n) is 1.73. The molecule has 8 heteroatoms. The normalized spacial score (nSPS) is 24.5. The van der Waals surface area contributed by atoms with Crippen molar-refractivity contribution < 1.29 is 28.9 Å². The minimum atomic E-state index is -2.07. The van der Waals surface area contributed by atoms with Gasteiger partial charge < -0.3 is 19.9 Å². The molecule has 0 aliphatic carbocycles. The molecule has 1 rings (SSSR count). The maximum Gasteiger partial charge on any atom is 0.351 e. The summed E-state index contributed by atoms with van der Waals surface area (Å²) < 4.78 is 10.8. The lowest BCUT2D eigenvalue weighted by atomic mass is 10.4. The van der Waals surface area contributed by atoms with E-state index >= 15 is 0 Å². The molecule has 0 amide bonds. The lowest BCUT2D eigenvalue weighted by molar-refractivity contribution is -0.879. The molecule has 1 aliphatic heterocycles. The summed E-state index contributed by atoms with van der Waals surface area (Å²) in [5, 5.41) is 16.3. The second-order valence-corrected chi connectivity index (χ2v) is 6.45. The second kappa shape index (κ2) is 6.81. The van der Waals surface area contributed by atoms with Crippen molar-refractivity contribution in [2.24, 2.45) is 0 Å². The van der Waals surface area contributed by atoms with Crippen LogP contribution in [0, 0.1) is 0 Å². The number of carboxylic acids is 2. The summed E-state index contributed by atoms with van der Waals surface area (Å²) in [5.41, 5.74) is 0. The summed E-state index contributed by atoms with van der Waals surface area (Å²) in [6.07, 6.45) is 0. The molecule has 0 aromatic heterocycles. The van der Waals surface area contributed by atoms with Crippen LogP contribution in [0.25, 0.3) is 0 Å². The zero-order valence-corrected chi connectivity index (χ0v) is 10.0. The van der Waals surface area contributed by atoms with E-state index in [1.165, 1.54) is 4.90 Å². The molecular weight excluding hydrogens is 242 g/mol. The molecule has 0 aromatic rings. The fourth-order valence-electron chi connectivity index (χ4n) is 0.752. The molecule has 0 spiro atoms. The van der Waals surface area contributed by atoms with Crippen LogP contribution >= 0.6 is 10.8 Å². The molecule has 1 aliphatic rings. The van der Waals surface area contributed by atoms with E-state index in [1.807, 2.05) is 0 Å². The number of hydrogen-bond donors (Lipinski definition) is 2. The highest BCUT2D eigenvalue weighted by Crippen LogP contribution is 2.17. The van der Waals surface area contributed by atoms with Gasteiger partial charge in [0, 0.05) is 0 Å². The van der Waals surface area contributed by atoms with E-state index in [0.29, 0.717) is 6.04 Å². The molecular formula is C7H13NO5S2. The minimum absolute atomic E-state index is 0.578. The first-order chi connectivity index (χ1) is 6.84. The summed E-state index contributed by atoms with van der Waals surface area (Å²) in [4.78, 5) is 19.4. The van der Waals surface area contributed by atoms with Gasteiger partial charge >= 0.3 is 5.97 Å². The van der Waals surface area contributed by atoms with Crippen LogP contribution in [0.5, 0.6) is 0 Å². The Morgan fingerprint density at radius 1 is 1.53 bits per heavy atom. The Labute approximate surface area is 93.5 Å². The van der Waals surface area contributed by atoms with Crippen LogP contribution in [0.1, 0.15) is 0 Å². The Bertz CT molecular complexity index is 256. The van der Waals surface area contributed by atoms with Gasteiger partial charge in [-0.15, -0.1) is 0 Å². The summed E-state index contributed by atoms with van der Waals surface area (Å²) >= 11 is 0. The SMILES string of the molecule is C[NH+](C)C1CSS(=O)C1.O=C([O-])C(=O)O. The lowest BCUT2D eigenvalue weighted by Crippen LogP contribution is -3.10. The maximum atomic E-state index is 10.8. The minimum Gasteiger partial charge on any atom is -0.539 e. The summed E-state index contributed by atoms with van der Waals surface area (Å²) in [6.45, 7) is 0. The summed E-state index contributed by atoms with van der Waals surface area (Å²) in [5.74, 6) is -2.06. The maximum absolute atomic E-state index is 10.8. The van der Waals surface area contributed by atoms with Crippen molar-refractivity contribution in [2.45, 2.75) is 6.04 Å². The van der Waals surface area contributed by atoms with Crippen molar-refractivity contribution >= 4 is 32.6 Å². The first-order valence-electron chi connectivity index (χ1n) is 4.10. The van der Waals surface area contributed by atoms with E-state index in [0.717, 1.165) is 11.5 Å². The van der Waals surface area contributed by atoms with E-state index in [2.05, 4.69) is 14.1 Å². The summed E-state index contributed by atoms with van der Waals surface area (Å²) in [7, 11) is 5.24. The van der Waals surface area contributed by atoms with Gasteiger partial charge in [-0.25, -0.2) is 9.00 Å². The van der Waals surface area contributed by atoms with Gasteiger partial charge in [-0.1, -0.05) is 10.8 Å². The molecule has 2 atom stereocenters. The van der Waals surface area contributed by atoms with Gasteiger partial charge in [0.15, 0.2) is 5.97 Å². The van der Waals surface area contributed by atoms with Crippen LogP contribution in [-0.4, -0.2) is 52.9 Å². The largest absolute Gasteiger partial charge is 0.539 e. The highest BCUT2D eigenvalue weighted by atomic mass is 33.1. The van der Waals surface area contributed by atoms with Crippen molar-refractivity contribution in [3.63, 3.8) is 0 Å². The molecule has 0 saturated carbocycles. The Hall–Kier alpha value is -0.600. The molecule has 0 radical (unpaired) electrons. The van der Waals surface area contributed by atoms with Gasteiger partial charge in [-0.3, -0.25) is 0 Å². The third-order valence-corrected chi connectivity index (χ3v) is 4.81. The number of aliphatic carboxylic acids is 2. The van der Waals surface area contributed by atoms with Gasteiger partial charge in [0.05, 0.1) is 35.4 Å². The quantitative estimate of drug-likeness (QED) is 0.377.